The van der Waals surface area contributed by atoms with Crippen molar-refractivity contribution in [3.63, 3.8) is 0 Å². The lowest BCUT2D eigenvalue weighted by molar-refractivity contribution is 0.557. The van der Waals surface area contributed by atoms with Gasteiger partial charge in [-0.15, -0.1) is 0 Å². The zero-order valence-corrected chi connectivity index (χ0v) is 27.9. The molecule has 4 aromatic carbocycles. The average molecular weight is 644 g/mol. The summed E-state index contributed by atoms with van der Waals surface area (Å²) in [4.78, 5) is 0. The Morgan fingerprint density at radius 1 is 0.620 bits per heavy atom. The average Bonchev–Trinajstić information content (AvgIpc) is 3.70. The van der Waals surface area contributed by atoms with Gasteiger partial charge in [0.15, 0.2) is 0 Å². The molecule has 3 heterocycles. The number of nitrogens with one attached hydrogen (secondary N) is 1. The molecule has 1 N–H and O–H groups in total. The Labute approximate surface area is 291 Å². The first-order valence-electron chi connectivity index (χ1n) is 18.2. The van der Waals surface area contributed by atoms with Gasteiger partial charge in [-0.05, 0) is 108 Å². The Hall–Kier alpha value is -5.80. The summed E-state index contributed by atoms with van der Waals surface area (Å²) < 4.78 is 4.99. The van der Waals surface area contributed by atoms with Gasteiger partial charge in [-0.3, -0.25) is 0 Å². The lowest BCUT2D eigenvalue weighted by Gasteiger charge is -2.39. The number of dihydropyridines is 1. The highest BCUT2D eigenvalue weighted by molar-refractivity contribution is 6.13. The van der Waals surface area contributed by atoms with E-state index in [2.05, 4.69) is 160 Å². The van der Waals surface area contributed by atoms with Crippen LogP contribution in [0.15, 0.2) is 168 Å². The minimum Gasteiger partial charge on any atom is -0.387 e. The summed E-state index contributed by atoms with van der Waals surface area (Å²) in [6.07, 6.45) is 27.7. The third kappa shape index (κ3) is 4.04. The fourth-order valence-electron chi connectivity index (χ4n) is 9.55. The van der Waals surface area contributed by atoms with E-state index in [-0.39, 0.29) is 0 Å². The van der Waals surface area contributed by atoms with Gasteiger partial charge < -0.3 is 14.5 Å². The Kier molecular flexibility index (Phi) is 6.09. The number of rotatable bonds is 3. The molecule has 0 saturated heterocycles. The molecule has 0 bridgehead atoms. The number of nitrogens with zero attached hydrogens (tertiary/aromatic N) is 2. The summed E-state index contributed by atoms with van der Waals surface area (Å²) >= 11 is 0. The molecule has 1 aliphatic heterocycles. The van der Waals surface area contributed by atoms with Crippen molar-refractivity contribution in [2.75, 3.05) is 6.54 Å². The summed E-state index contributed by atoms with van der Waals surface area (Å²) in [7, 11) is 0. The topological polar surface area (TPSA) is 21.9 Å². The van der Waals surface area contributed by atoms with Gasteiger partial charge in [-0.2, -0.15) is 0 Å². The van der Waals surface area contributed by atoms with E-state index in [4.69, 9.17) is 0 Å². The van der Waals surface area contributed by atoms with Crippen LogP contribution in [0.5, 0.6) is 0 Å². The van der Waals surface area contributed by atoms with Crippen molar-refractivity contribution in [2.45, 2.75) is 25.7 Å². The molecular formula is C47H37N3. The highest BCUT2D eigenvalue weighted by atomic mass is 15.0. The zero-order valence-electron chi connectivity index (χ0n) is 27.9. The quantitative estimate of drug-likeness (QED) is 0.204. The summed E-state index contributed by atoms with van der Waals surface area (Å²) in [6.45, 7) is 0.834. The van der Waals surface area contributed by atoms with Gasteiger partial charge >= 0.3 is 0 Å². The first kappa shape index (κ1) is 28.1. The third-order valence-corrected chi connectivity index (χ3v) is 11.8. The van der Waals surface area contributed by atoms with Crippen molar-refractivity contribution in [1.29, 1.82) is 0 Å². The van der Waals surface area contributed by atoms with Crippen LogP contribution in [-0.4, -0.2) is 15.7 Å². The number of hydrogen-bond acceptors (Lipinski definition) is 1. The normalized spacial score (nSPS) is 21.1. The van der Waals surface area contributed by atoms with E-state index >= 15 is 0 Å². The Balaban J connectivity index is 1.07. The SMILES string of the molecule is C1=CC2C3=C(CCC=C3)C3=C(CCC(n4c5ccccc5c5cc(-c6ccc7c8ccccc8n(C8=CCNC=C8)c7c6)ccc54)=C3)C2C=C1. The van der Waals surface area contributed by atoms with Crippen molar-refractivity contribution < 1.29 is 0 Å². The lowest BCUT2D eigenvalue weighted by atomic mass is 9.65. The zero-order chi connectivity index (χ0) is 32.8. The molecule has 11 rings (SSSR count). The summed E-state index contributed by atoms with van der Waals surface area (Å²) in [6, 6.07) is 31.9. The first-order valence-corrected chi connectivity index (χ1v) is 18.2. The van der Waals surface area contributed by atoms with Crippen LogP contribution in [-0.2, 0) is 0 Å². The van der Waals surface area contributed by atoms with Gasteiger partial charge in [0.2, 0.25) is 0 Å². The fourth-order valence-corrected chi connectivity index (χ4v) is 9.55. The van der Waals surface area contributed by atoms with Gasteiger partial charge in [0, 0.05) is 51.3 Å². The molecule has 2 aromatic heterocycles. The molecule has 50 heavy (non-hydrogen) atoms. The van der Waals surface area contributed by atoms with Crippen LogP contribution in [0.4, 0.5) is 0 Å². The standard InChI is InChI=1S/C47H37N3/c1-2-11-36-34(9-1)35-10-3-4-12-37(35)42-29-33(19-21-38(36)42)50-45-16-8-6-14-40(45)43-27-30(18-22-46(43)50)31-17-20-41-39-13-5-7-15-44(39)49(47(41)28-31)32-23-25-48-26-24-32/h1-3,5-11,13-18,20,22-25,27-29,34,36,48H,4,12,19,21,26H2. The number of hydrogen-bond donors (Lipinski definition) is 1. The minimum absolute atomic E-state index is 0.480. The first-order chi connectivity index (χ1) is 24.8. The van der Waals surface area contributed by atoms with E-state index in [0.717, 1.165) is 32.2 Å². The van der Waals surface area contributed by atoms with Crippen LogP contribution in [0.3, 0.4) is 0 Å². The van der Waals surface area contributed by atoms with Gasteiger partial charge in [-0.1, -0.05) is 96.6 Å². The largest absolute Gasteiger partial charge is 0.387 e. The Morgan fingerprint density at radius 2 is 1.36 bits per heavy atom. The van der Waals surface area contributed by atoms with E-state index in [9.17, 15) is 0 Å². The second-order valence-electron chi connectivity index (χ2n) is 14.3. The highest BCUT2D eigenvalue weighted by Gasteiger charge is 2.36. The van der Waals surface area contributed by atoms with Crippen molar-refractivity contribution >= 4 is 55.0 Å². The lowest BCUT2D eigenvalue weighted by Crippen LogP contribution is -2.26. The highest BCUT2D eigenvalue weighted by Crippen LogP contribution is 2.50. The van der Waals surface area contributed by atoms with E-state index in [1.165, 1.54) is 77.3 Å². The molecule has 0 fully saturated rings. The molecular weight excluding hydrogens is 607 g/mol. The van der Waals surface area contributed by atoms with Crippen LogP contribution in [0.1, 0.15) is 25.7 Å². The van der Waals surface area contributed by atoms with Crippen LogP contribution < -0.4 is 5.32 Å². The molecule has 3 heteroatoms. The fraction of sp³-hybridized carbons (Fsp3) is 0.149. The molecule has 0 spiro atoms. The number of allylic oxidation sites excluding steroid dienone is 14. The second-order valence-corrected chi connectivity index (χ2v) is 14.3. The summed E-state index contributed by atoms with van der Waals surface area (Å²) in [5.74, 6) is 0.966. The van der Waals surface area contributed by atoms with E-state index in [1.807, 2.05) is 0 Å². The second kappa shape index (κ2) is 10.9. The molecule has 5 aliphatic rings. The van der Waals surface area contributed by atoms with E-state index in [0.29, 0.717) is 11.8 Å². The predicted molar refractivity (Wildman–Crippen MR) is 210 cm³/mol. The Bertz CT molecular complexity index is 2710. The number of benzene rings is 4. The van der Waals surface area contributed by atoms with E-state index < -0.39 is 0 Å². The van der Waals surface area contributed by atoms with Crippen LogP contribution in [0.2, 0.25) is 0 Å². The number of aromatic nitrogens is 2. The summed E-state index contributed by atoms with van der Waals surface area (Å²) in [5.41, 5.74) is 16.4. The predicted octanol–water partition coefficient (Wildman–Crippen LogP) is 11.5. The number of fused-ring (bicyclic) bond motifs is 10. The third-order valence-electron chi connectivity index (χ3n) is 11.8. The molecule has 0 amide bonds. The Morgan fingerprint density at radius 3 is 2.22 bits per heavy atom. The van der Waals surface area contributed by atoms with Gasteiger partial charge in [0.25, 0.3) is 0 Å². The molecule has 0 radical (unpaired) electrons. The van der Waals surface area contributed by atoms with E-state index in [1.54, 1.807) is 11.1 Å². The van der Waals surface area contributed by atoms with Gasteiger partial charge in [-0.25, -0.2) is 0 Å². The minimum atomic E-state index is 0.480. The van der Waals surface area contributed by atoms with Gasteiger partial charge in [0.05, 0.1) is 22.1 Å². The number of para-hydroxylation sites is 2. The summed E-state index contributed by atoms with van der Waals surface area (Å²) in [5, 5.41) is 8.52. The smallest absolute Gasteiger partial charge is 0.0547 e. The van der Waals surface area contributed by atoms with Crippen molar-refractivity contribution in [1.82, 2.24) is 14.5 Å². The molecule has 3 nitrogen and oxygen atoms in total. The molecule has 240 valence electrons. The molecule has 6 aromatic rings. The van der Waals surface area contributed by atoms with Crippen LogP contribution in [0, 0.1) is 11.8 Å². The maximum Gasteiger partial charge on any atom is 0.0547 e. The maximum absolute atomic E-state index is 3.32. The molecule has 0 saturated carbocycles. The van der Waals surface area contributed by atoms with Crippen LogP contribution >= 0.6 is 0 Å². The van der Waals surface area contributed by atoms with Gasteiger partial charge in [0.1, 0.15) is 0 Å². The van der Waals surface area contributed by atoms with Crippen molar-refractivity contribution in [3.8, 4) is 11.1 Å². The molecule has 2 atom stereocenters. The van der Waals surface area contributed by atoms with Crippen molar-refractivity contribution in [2.24, 2.45) is 11.8 Å². The maximum atomic E-state index is 3.32. The monoisotopic (exact) mass is 643 g/mol. The molecule has 4 aliphatic carbocycles. The van der Waals surface area contributed by atoms with Crippen LogP contribution in [0.25, 0.3) is 66.1 Å². The van der Waals surface area contributed by atoms with Crippen molar-refractivity contribution in [3.05, 3.63) is 168 Å². The molecule has 2 unspecified atom stereocenters.